The number of aryl methyl sites for hydroxylation is 2. The highest BCUT2D eigenvalue weighted by Crippen LogP contribution is 2.25. The Bertz CT molecular complexity index is 560. The Hall–Kier alpha value is -1.23. The van der Waals surface area contributed by atoms with Gasteiger partial charge in [-0.1, -0.05) is 30.3 Å². The van der Waals surface area contributed by atoms with Crippen LogP contribution in [0.25, 0.3) is 0 Å². The molecule has 1 heterocycles. The number of hydrogen-bond donors (Lipinski definition) is 2. The summed E-state index contributed by atoms with van der Waals surface area (Å²) in [5.74, 6) is 0. The Morgan fingerprint density at radius 3 is 2.50 bits per heavy atom. The Morgan fingerprint density at radius 2 is 1.95 bits per heavy atom. The molecule has 1 aromatic heterocycles. The third kappa shape index (κ3) is 3.45. The van der Waals surface area contributed by atoms with E-state index in [4.69, 9.17) is 5.73 Å². The summed E-state index contributed by atoms with van der Waals surface area (Å²) in [5, 5.41) is 4.65. The standard InChI is InChI=1S/C16H23N3S/c1-11(15-12(2)19-13(3)20-15)18-10-16(4,17)14-8-6-5-7-9-14/h5-9,11,18H,10,17H2,1-4H3. The first-order valence-electron chi connectivity index (χ1n) is 6.92. The van der Waals surface area contributed by atoms with Crippen LogP contribution in [0.5, 0.6) is 0 Å². The molecule has 3 N–H and O–H groups in total. The quantitative estimate of drug-likeness (QED) is 0.888. The van der Waals surface area contributed by atoms with Gasteiger partial charge in [-0.3, -0.25) is 0 Å². The van der Waals surface area contributed by atoms with Crippen molar-refractivity contribution in [3.63, 3.8) is 0 Å². The number of aromatic nitrogens is 1. The molecular formula is C16H23N3S. The molecule has 20 heavy (non-hydrogen) atoms. The van der Waals surface area contributed by atoms with Gasteiger partial charge < -0.3 is 11.1 Å². The van der Waals surface area contributed by atoms with Crippen molar-refractivity contribution in [3.05, 3.63) is 51.5 Å². The predicted molar refractivity (Wildman–Crippen MR) is 86.0 cm³/mol. The lowest BCUT2D eigenvalue weighted by Crippen LogP contribution is -2.44. The first kappa shape index (κ1) is 15.2. The normalized spacial score (nSPS) is 15.8. The van der Waals surface area contributed by atoms with Gasteiger partial charge in [0.05, 0.1) is 16.2 Å². The molecule has 3 nitrogen and oxygen atoms in total. The molecule has 2 aromatic rings. The summed E-state index contributed by atoms with van der Waals surface area (Å²) in [6.07, 6.45) is 0. The van der Waals surface area contributed by atoms with Gasteiger partial charge in [0.15, 0.2) is 0 Å². The largest absolute Gasteiger partial charge is 0.321 e. The summed E-state index contributed by atoms with van der Waals surface area (Å²) in [7, 11) is 0. The van der Waals surface area contributed by atoms with E-state index in [1.165, 1.54) is 4.88 Å². The van der Waals surface area contributed by atoms with E-state index in [-0.39, 0.29) is 11.6 Å². The van der Waals surface area contributed by atoms with Gasteiger partial charge in [-0.2, -0.15) is 0 Å². The fourth-order valence-corrected chi connectivity index (χ4v) is 3.28. The van der Waals surface area contributed by atoms with Gasteiger partial charge in [0.25, 0.3) is 0 Å². The van der Waals surface area contributed by atoms with Crippen LogP contribution in [-0.4, -0.2) is 11.5 Å². The fraction of sp³-hybridized carbons (Fsp3) is 0.438. The van der Waals surface area contributed by atoms with Crippen molar-refractivity contribution in [2.45, 2.75) is 39.3 Å². The van der Waals surface area contributed by atoms with Crippen LogP contribution in [-0.2, 0) is 5.54 Å². The zero-order valence-corrected chi connectivity index (χ0v) is 13.4. The molecule has 2 unspecified atom stereocenters. The monoisotopic (exact) mass is 289 g/mol. The molecule has 0 aliphatic heterocycles. The van der Waals surface area contributed by atoms with Crippen LogP contribution < -0.4 is 11.1 Å². The second-order valence-electron chi connectivity index (χ2n) is 5.57. The molecular weight excluding hydrogens is 266 g/mol. The lowest BCUT2D eigenvalue weighted by atomic mass is 9.93. The highest BCUT2D eigenvalue weighted by Gasteiger charge is 2.22. The average Bonchev–Trinajstić information content (AvgIpc) is 2.76. The van der Waals surface area contributed by atoms with Gasteiger partial charge in [-0.15, -0.1) is 11.3 Å². The van der Waals surface area contributed by atoms with E-state index in [1.807, 2.05) is 25.1 Å². The summed E-state index contributed by atoms with van der Waals surface area (Å²) >= 11 is 1.75. The summed E-state index contributed by atoms with van der Waals surface area (Å²) in [6.45, 7) is 9.07. The molecule has 0 radical (unpaired) electrons. The van der Waals surface area contributed by atoms with Gasteiger partial charge in [0.1, 0.15) is 0 Å². The van der Waals surface area contributed by atoms with Crippen LogP contribution in [0.2, 0.25) is 0 Å². The number of rotatable bonds is 5. The third-order valence-corrected chi connectivity index (χ3v) is 4.80. The molecule has 4 heteroatoms. The van der Waals surface area contributed by atoms with Crippen LogP contribution in [0, 0.1) is 13.8 Å². The fourth-order valence-electron chi connectivity index (χ4n) is 2.33. The van der Waals surface area contributed by atoms with Gasteiger partial charge in [-0.05, 0) is 33.3 Å². The zero-order chi connectivity index (χ0) is 14.8. The minimum atomic E-state index is -0.372. The van der Waals surface area contributed by atoms with E-state index >= 15 is 0 Å². The van der Waals surface area contributed by atoms with Crippen molar-refractivity contribution in [1.82, 2.24) is 10.3 Å². The number of thiazole rings is 1. The molecule has 2 rings (SSSR count). The molecule has 108 valence electrons. The molecule has 0 fully saturated rings. The molecule has 0 amide bonds. The van der Waals surface area contributed by atoms with Crippen LogP contribution in [0.15, 0.2) is 30.3 Å². The number of nitrogens with one attached hydrogen (secondary N) is 1. The summed E-state index contributed by atoms with van der Waals surface area (Å²) in [5.41, 5.74) is 8.33. The van der Waals surface area contributed by atoms with Crippen molar-refractivity contribution >= 4 is 11.3 Å². The maximum atomic E-state index is 6.43. The van der Waals surface area contributed by atoms with Crippen LogP contribution in [0.4, 0.5) is 0 Å². The SMILES string of the molecule is Cc1nc(C)c(C(C)NCC(C)(N)c2ccccc2)s1. The highest BCUT2D eigenvalue weighted by atomic mass is 32.1. The van der Waals surface area contributed by atoms with Crippen molar-refractivity contribution < 1.29 is 0 Å². The highest BCUT2D eigenvalue weighted by molar-refractivity contribution is 7.11. The molecule has 1 aromatic carbocycles. The lowest BCUT2D eigenvalue weighted by molar-refractivity contribution is 0.418. The minimum Gasteiger partial charge on any atom is -0.321 e. The van der Waals surface area contributed by atoms with Crippen molar-refractivity contribution in [3.8, 4) is 0 Å². The van der Waals surface area contributed by atoms with E-state index in [1.54, 1.807) is 11.3 Å². The summed E-state index contributed by atoms with van der Waals surface area (Å²) < 4.78 is 0. The second-order valence-corrected chi connectivity index (χ2v) is 6.80. The van der Waals surface area contributed by atoms with E-state index < -0.39 is 0 Å². The predicted octanol–water partition coefficient (Wildman–Crippen LogP) is 3.28. The minimum absolute atomic E-state index is 0.271. The van der Waals surface area contributed by atoms with Gasteiger partial charge in [0.2, 0.25) is 0 Å². The maximum absolute atomic E-state index is 6.43. The van der Waals surface area contributed by atoms with E-state index in [9.17, 15) is 0 Å². The van der Waals surface area contributed by atoms with Crippen molar-refractivity contribution in [2.24, 2.45) is 5.73 Å². The lowest BCUT2D eigenvalue weighted by Gasteiger charge is -2.27. The van der Waals surface area contributed by atoms with Crippen LogP contribution in [0.1, 0.15) is 41.0 Å². The maximum Gasteiger partial charge on any atom is 0.0900 e. The van der Waals surface area contributed by atoms with Crippen LogP contribution in [0.3, 0.4) is 0 Å². The van der Waals surface area contributed by atoms with Gasteiger partial charge in [-0.25, -0.2) is 4.98 Å². The average molecular weight is 289 g/mol. The van der Waals surface area contributed by atoms with E-state index in [0.717, 1.165) is 22.8 Å². The number of nitrogens with two attached hydrogens (primary N) is 1. The summed E-state index contributed by atoms with van der Waals surface area (Å²) in [4.78, 5) is 5.78. The van der Waals surface area contributed by atoms with Crippen molar-refractivity contribution in [2.75, 3.05) is 6.54 Å². The molecule has 0 saturated heterocycles. The number of benzene rings is 1. The Morgan fingerprint density at radius 1 is 1.30 bits per heavy atom. The molecule has 0 spiro atoms. The zero-order valence-electron chi connectivity index (χ0n) is 12.6. The van der Waals surface area contributed by atoms with E-state index in [2.05, 4.69) is 43.2 Å². The van der Waals surface area contributed by atoms with Crippen LogP contribution >= 0.6 is 11.3 Å². The number of hydrogen-bond acceptors (Lipinski definition) is 4. The Labute approximate surface area is 125 Å². The number of nitrogens with zero attached hydrogens (tertiary/aromatic N) is 1. The molecule has 2 atom stereocenters. The first-order chi connectivity index (χ1) is 9.40. The smallest absolute Gasteiger partial charge is 0.0900 e. The first-order valence-corrected chi connectivity index (χ1v) is 7.73. The van der Waals surface area contributed by atoms with Crippen molar-refractivity contribution in [1.29, 1.82) is 0 Å². The Kier molecular flexibility index (Phi) is 4.58. The summed E-state index contributed by atoms with van der Waals surface area (Å²) in [6, 6.07) is 10.5. The van der Waals surface area contributed by atoms with E-state index in [0.29, 0.717) is 0 Å². The molecule has 0 aliphatic carbocycles. The molecule has 0 saturated carbocycles. The topological polar surface area (TPSA) is 50.9 Å². The third-order valence-electron chi connectivity index (χ3n) is 3.54. The molecule has 0 aliphatic rings. The Balaban J connectivity index is 2.03. The van der Waals surface area contributed by atoms with Gasteiger partial charge in [0, 0.05) is 17.5 Å². The van der Waals surface area contributed by atoms with Gasteiger partial charge >= 0.3 is 0 Å². The second kappa shape index (κ2) is 6.04. The molecule has 0 bridgehead atoms.